The minimum Gasteiger partial charge on any atom is -0.321 e. The smallest absolute Gasteiger partial charge is 0.321 e. The second kappa shape index (κ2) is 6.15. The van der Waals surface area contributed by atoms with Gasteiger partial charge in [-0.1, -0.05) is 15.9 Å². The molecule has 1 heterocycles. The molecule has 1 amide bonds. The Balaban J connectivity index is 2.25. The second-order valence-corrected chi connectivity index (χ2v) is 5.68. The molecule has 0 aliphatic heterocycles. The fourth-order valence-corrected chi connectivity index (χ4v) is 2.24. The van der Waals surface area contributed by atoms with Gasteiger partial charge in [0.2, 0.25) is 0 Å². The van der Waals surface area contributed by atoms with Crippen molar-refractivity contribution in [3.63, 3.8) is 0 Å². The molecule has 21 heavy (non-hydrogen) atoms. The fourth-order valence-electron chi connectivity index (χ4n) is 1.54. The predicted molar refractivity (Wildman–Crippen MR) is 79.0 cm³/mol. The molecule has 0 spiro atoms. The van der Waals surface area contributed by atoms with Crippen molar-refractivity contribution in [2.75, 3.05) is 5.32 Å². The number of hydrogen-bond acceptors (Lipinski definition) is 2. The number of benzene rings is 1. The number of halogens is 5. The molecular formula is C13H7Br2F3N2O. The summed E-state index contributed by atoms with van der Waals surface area (Å²) in [5.74, 6) is -0.642. The SMILES string of the molecule is O=C(Nc1ccc(Br)nc1)c1ccc(Br)c(C(F)(F)F)c1. The summed E-state index contributed by atoms with van der Waals surface area (Å²) in [6.45, 7) is 0. The van der Waals surface area contributed by atoms with E-state index < -0.39 is 17.6 Å². The third kappa shape index (κ3) is 4.04. The van der Waals surface area contributed by atoms with Gasteiger partial charge in [-0.05, 0) is 46.3 Å². The standard InChI is InChI=1S/C13H7Br2F3N2O/c14-10-3-1-7(5-9(10)13(16,17)18)12(21)20-8-2-4-11(15)19-6-8/h1-6H,(H,20,21). The maximum atomic E-state index is 12.8. The topological polar surface area (TPSA) is 42.0 Å². The van der Waals surface area contributed by atoms with Gasteiger partial charge in [-0.15, -0.1) is 0 Å². The molecule has 0 saturated carbocycles. The second-order valence-electron chi connectivity index (χ2n) is 4.02. The lowest BCUT2D eigenvalue weighted by molar-refractivity contribution is -0.138. The molecule has 0 atom stereocenters. The van der Waals surface area contributed by atoms with E-state index in [4.69, 9.17) is 0 Å². The molecule has 1 aromatic heterocycles. The van der Waals surface area contributed by atoms with Crippen molar-refractivity contribution in [1.82, 2.24) is 4.98 Å². The van der Waals surface area contributed by atoms with E-state index in [9.17, 15) is 18.0 Å². The van der Waals surface area contributed by atoms with E-state index in [1.165, 1.54) is 18.3 Å². The van der Waals surface area contributed by atoms with Gasteiger partial charge in [0.15, 0.2) is 0 Å². The Kier molecular flexibility index (Phi) is 4.67. The third-order valence-corrected chi connectivity index (χ3v) is 3.68. The Morgan fingerprint density at radius 1 is 1.14 bits per heavy atom. The average Bonchev–Trinajstić information content (AvgIpc) is 2.40. The van der Waals surface area contributed by atoms with Crippen LogP contribution in [0.2, 0.25) is 0 Å². The predicted octanol–water partition coefficient (Wildman–Crippen LogP) is 4.88. The van der Waals surface area contributed by atoms with Crippen LogP contribution in [0, 0.1) is 0 Å². The zero-order valence-corrected chi connectivity index (χ0v) is 13.4. The summed E-state index contributed by atoms with van der Waals surface area (Å²) in [5.41, 5.74) is -0.600. The van der Waals surface area contributed by atoms with Gasteiger partial charge in [0.25, 0.3) is 5.91 Å². The van der Waals surface area contributed by atoms with Crippen LogP contribution in [0.15, 0.2) is 45.6 Å². The summed E-state index contributed by atoms with van der Waals surface area (Å²) >= 11 is 5.97. The molecule has 110 valence electrons. The van der Waals surface area contributed by atoms with Crippen LogP contribution in [-0.4, -0.2) is 10.9 Å². The molecule has 0 fully saturated rings. The number of carbonyl (C=O) groups excluding carboxylic acids is 1. The Morgan fingerprint density at radius 2 is 1.86 bits per heavy atom. The summed E-state index contributed by atoms with van der Waals surface area (Å²) in [6, 6.07) is 6.49. The van der Waals surface area contributed by atoms with E-state index in [0.717, 1.165) is 6.07 Å². The molecule has 0 radical (unpaired) electrons. The number of amides is 1. The normalized spacial score (nSPS) is 11.3. The summed E-state index contributed by atoms with van der Waals surface area (Å²) in [6.07, 6.45) is -3.14. The highest BCUT2D eigenvalue weighted by Crippen LogP contribution is 2.35. The molecule has 3 nitrogen and oxygen atoms in total. The van der Waals surface area contributed by atoms with Gasteiger partial charge >= 0.3 is 6.18 Å². The number of pyridine rings is 1. The number of aromatic nitrogens is 1. The Bertz CT molecular complexity index is 672. The maximum Gasteiger partial charge on any atom is 0.417 e. The zero-order valence-electron chi connectivity index (χ0n) is 10.2. The monoisotopic (exact) mass is 422 g/mol. The van der Waals surface area contributed by atoms with E-state index in [2.05, 4.69) is 42.2 Å². The first-order valence-corrected chi connectivity index (χ1v) is 7.15. The molecule has 0 unspecified atom stereocenters. The van der Waals surface area contributed by atoms with Crippen LogP contribution < -0.4 is 5.32 Å². The van der Waals surface area contributed by atoms with Gasteiger partial charge in [0, 0.05) is 10.0 Å². The molecule has 0 saturated heterocycles. The minimum absolute atomic E-state index is 0.0894. The minimum atomic E-state index is -4.53. The number of rotatable bonds is 2. The molecule has 1 N–H and O–H groups in total. The Morgan fingerprint density at radius 3 is 2.43 bits per heavy atom. The molecule has 0 bridgehead atoms. The summed E-state index contributed by atoms with van der Waals surface area (Å²) in [5, 5.41) is 2.48. The lowest BCUT2D eigenvalue weighted by Gasteiger charge is -2.11. The van der Waals surface area contributed by atoms with E-state index in [1.54, 1.807) is 12.1 Å². The van der Waals surface area contributed by atoms with Gasteiger partial charge in [-0.3, -0.25) is 4.79 Å². The van der Waals surface area contributed by atoms with Crippen LogP contribution in [0.3, 0.4) is 0 Å². The molecular weight excluding hydrogens is 417 g/mol. The molecule has 2 aromatic rings. The highest BCUT2D eigenvalue weighted by Gasteiger charge is 2.33. The quantitative estimate of drug-likeness (QED) is 0.699. The van der Waals surface area contributed by atoms with E-state index >= 15 is 0 Å². The van der Waals surface area contributed by atoms with Gasteiger partial charge in [0.05, 0.1) is 17.4 Å². The van der Waals surface area contributed by atoms with Crippen LogP contribution in [0.1, 0.15) is 15.9 Å². The van der Waals surface area contributed by atoms with Crippen molar-refractivity contribution >= 4 is 43.5 Å². The number of hydrogen-bond donors (Lipinski definition) is 1. The number of alkyl halides is 3. The van der Waals surface area contributed by atoms with Gasteiger partial charge in [-0.2, -0.15) is 13.2 Å². The highest BCUT2D eigenvalue weighted by molar-refractivity contribution is 9.10. The Labute approximate surface area is 134 Å². The lowest BCUT2D eigenvalue weighted by atomic mass is 10.1. The van der Waals surface area contributed by atoms with Crippen LogP contribution in [0.5, 0.6) is 0 Å². The maximum absolute atomic E-state index is 12.8. The number of carbonyl (C=O) groups is 1. The molecule has 0 aliphatic carbocycles. The zero-order chi connectivity index (χ0) is 15.6. The molecule has 8 heteroatoms. The van der Waals surface area contributed by atoms with Gasteiger partial charge in [-0.25, -0.2) is 4.98 Å². The number of nitrogens with zero attached hydrogens (tertiary/aromatic N) is 1. The van der Waals surface area contributed by atoms with Crippen LogP contribution in [-0.2, 0) is 6.18 Å². The fraction of sp³-hybridized carbons (Fsp3) is 0.0769. The molecule has 1 aromatic carbocycles. The van der Waals surface area contributed by atoms with Crippen molar-refractivity contribution in [2.24, 2.45) is 0 Å². The van der Waals surface area contributed by atoms with E-state index in [1.807, 2.05) is 0 Å². The van der Waals surface area contributed by atoms with Crippen LogP contribution in [0.25, 0.3) is 0 Å². The average molecular weight is 424 g/mol. The summed E-state index contributed by atoms with van der Waals surface area (Å²) < 4.78 is 38.8. The molecule has 2 rings (SSSR count). The van der Waals surface area contributed by atoms with Crippen molar-refractivity contribution < 1.29 is 18.0 Å². The van der Waals surface area contributed by atoms with Gasteiger partial charge in [0.1, 0.15) is 4.60 Å². The molecule has 0 aliphatic rings. The van der Waals surface area contributed by atoms with Crippen LogP contribution >= 0.6 is 31.9 Å². The Hall–Kier alpha value is -1.41. The largest absolute Gasteiger partial charge is 0.417 e. The third-order valence-electron chi connectivity index (χ3n) is 2.52. The van der Waals surface area contributed by atoms with Crippen molar-refractivity contribution in [2.45, 2.75) is 6.18 Å². The van der Waals surface area contributed by atoms with Crippen molar-refractivity contribution in [3.05, 3.63) is 56.7 Å². The van der Waals surface area contributed by atoms with Crippen molar-refractivity contribution in [3.8, 4) is 0 Å². The first-order chi connectivity index (χ1) is 9.77. The summed E-state index contributed by atoms with van der Waals surface area (Å²) in [7, 11) is 0. The van der Waals surface area contributed by atoms with Gasteiger partial charge < -0.3 is 5.32 Å². The first-order valence-electron chi connectivity index (χ1n) is 5.57. The lowest BCUT2D eigenvalue weighted by Crippen LogP contribution is -2.14. The first kappa shape index (κ1) is 16.0. The number of nitrogens with one attached hydrogen (secondary N) is 1. The highest BCUT2D eigenvalue weighted by atomic mass is 79.9. The number of anilines is 1. The van der Waals surface area contributed by atoms with E-state index in [0.29, 0.717) is 10.3 Å². The van der Waals surface area contributed by atoms with E-state index in [-0.39, 0.29) is 10.0 Å². The van der Waals surface area contributed by atoms with Crippen molar-refractivity contribution in [1.29, 1.82) is 0 Å². The van der Waals surface area contributed by atoms with Crippen LogP contribution in [0.4, 0.5) is 18.9 Å². The summed E-state index contributed by atoms with van der Waals surface area (Å²) in [4.78, 5) is 15.9.